The number of nitrogens with one attached hydrogen (secondary N) is 1. The Kier molecular flexibility index (Phi) is 62.4. The van der Waals surface area contributed by atoms with Gasteiger partial charge < -0.3 is 20.3 Å². The van der Waals surface area contributed by atoms with Gasteiger partial charge in [0.05, 0.1) is 25.4 Å². The van der Waals surface area contributed by atoms with E-state index < -0.39 is 12.1 Å². The molecule has 2 unspecified atom stereocenters. The first-order valence-electron chi connectivity index (χ1n) is 33.8. The Balaban J connectivity index is 3.33. The Morgan fingerprint density at radius 1 is 0.329 bits per heavy atom. The third kappa shape index (κ3) is 60.0. The summed E-state index contributed by atoms with van der Waals surface area (Å²) in [6.07, 6.45) is 75.7. The van der Waals surface area contributed by atoms with Gasteiger partial charge in [0.25, 0.3) is 0 Å². The van der Waals surface area contributed by atoms with Crippen molar-refractivity contribution in [3.05, 3.63) is 0 Å². The topological polar surface area (TPSA) is 95.9 Å². The first kappa shape index (κ1) is 71.9. The molecule has 0 spiro atoms. The second kappa shape index (κ2) is 63.4. The van der Waals surface area contributed by atoms with Gasteiger partial charge >= 0.3 is 5.97 Å². The zero-order chi connectivity index (χ0) is 52.9. The summed E-state index contributed by atoms with van der Waals surface area (Å²) in [6, 6.07) is -0.538. The summed E-state index contributed by atoms with van der Waals surface area (Å²) in [4.78, 5) is 24.6. The molecule has 0 fully saturated rings. The number of carbonyl (C=O) groups excluding carboxylic acids is 2. The molecule has 6 nitrogen and oxygen atoms in total. The zero-order valence-electron chi connectivity index (χ0n) is 49.9. The number of carbonyl (C=O) groups is 2. The third-order valence-electron chi connectivity index (χ3n) is 16.2. The van der Waals surface area contributed by atoms with Gasteiger partial charge in [-0.2, -0.15) is 0 Å². The number of esters is 1. The molecule has 0 aliphatic heterocycles. The average Bonchev–Trinajstić information content (AvgIpc) is 3.39. The molecule has 0 aliphatic carbocycles. The van der Waals surface area contributed by atoms with E-state index in [2.05, 4.69) is 19.2 Å². The van der Waals surface area contributed by atoms with E-state index in [0.29, 0.717) is 25.9 Å². The van der Waals surface area contributed by atoms with Crippen LogP contribution in [0.4, 0.5) is 0 Å². The Labute approximate surface area is 457 Å². The van der Waals surface area contributed by atoms with Gasteiger partial charge in [-0.05, 0) is 25.7 Å². The van der Waals surface area contributed by atoms with E-state index in [1.54, 1.807) is 0 Å². The van der Waals surface area contributed by atoms with Crippen LogP contribution >= 0.6 is 0 Å². The lowest BCUT2D eigenvalue weighted by molar-refractivity contribution is -0.143. The fourth-order valence-corrected chi connectivity index (χ4v) is 11.0. The molecule has 1 amide bonds. The molecule has 2 atom stereocenters. The SMILES string of the molecule is CCCCCCCCCCCCCCCCCCC(O)C(CO)NC(=O)CCCCCCCCCCCCCCCCCCCCCCCCCCCCCOC(=O)CCCCCCCCCCCCCCC. The van der Waals surface area contributed by atoms with Crippen molar-refractivity contribution in [3.63, 3.8) is 0 Å². The van der Waals surface area contributed by atoms with Crippen molar-refractivity contribution in [2.75, 3.05) is 13.2 Å². The monoisotopic (exact) mass is 1030 g/mol. The van der Waals surface area contributed by atoms with E-state index in [9.17, 15) is 19.8 Å². The normalized spacial score (nSPS) is 12.4. The van der Waals surface area contributed by atoms with Gasteiger partial charge in [-0.25, -0.2) is 0 Å². The van der Waals surface area contributed by atoms with Crippen LogP contribution in [-0.2, 0) is 14.3 Å². The van der Waals surface area contributed by atoms with Crippen molar-refractivity contribution in [2.24, 2.45) is 0 Å². The van der Waals surface area contributed by atoms with Crippen LogP contribution in [0.25, 0.3) is 0 Å². The van der Waals surface area contributed by atoms with Gasteiger partial charge in [0.15, 0.2) is 0 Å². The van der Waals surface area contributed by atoms with E-state index >= 15 is 0 Å². The first-order chi connectivity index (χ1) is 36.0. The molecule has 0 radical (unpaired) electrons. The highest BCUT2D eigenvalue weighted by Crippen LogP contribution is 2.19. The van der Waals surface area contributed by atoms with Crippen LogP contribution in [0.1, 0.15) is 393 Å². The maximum atomic E-state index is 12.5. The Hall–Kier alpha value is -1.14. The van der Waals surface area contributed by atoms with E-state index in [4.69, 9.17) is 4.74 Å². The number of rotatable bonds is 64. The van der Waals surface area contributed by atoms with Crippen molar-refractivity contribution < 1.29 is 24.5 Å². The van der Waals surface area contributed by atoms with Crippen LogP contribution in [0.5, 0.6) is 0 Å². The first-order valence-corrected chi connectivity index (χ1v) is 33.8. The molecule has 0 aromatic rings. The van der Waals surface area contributed by atoms with Gasteiger partial charge in [-0.15, -0.1) is 0 Å². The summed E-state index contributed by atoms with van der Waals surface area (Å²) in [5.74, 6) is -0.00760. The molecule has 0 aromatic carbocycles. The van der Waals surface area contributed by atoms with Crippen molar-refractivity contribution in [1.29, 1.82) is 0 Å². The summed E-state index contributed by atoms with van der Waals surface area (Å²) in [6.45, 7) is 5.00. The van der Waals surface area contributed by atoms with E-state index in [1.807, 2.05) is 0 Å². The number of aliphatic hydroxyl groups excluding tert-OH is 2. The molecule has 0 saturated heterocycles. The summed E-state index contributed by atoms with van der Waals surface area (Å²) in [7, 11) is 0. The lowest BCUT2D eigenvalue weighted by Gasteiger charge is -2.22. The fraction of sp³-hybridized carbons (Fsp3) is 0.970. The molecule has 0 aliphatic rings. The smallest absolute Gasteiger partial charge is 0.305 e. The number of aliphatic hydroxyl groups is 2. The molecule has 0 saturated carbocycles. The van der Waals surface area contributed by atoms with E-state index in [-0.39, 0.29) is 18.5 Å². The third-order valence-corrected chi connectivity index (χ3v) is 16.2. The van der Waals surface area contributed by atoms with E-state index in [1.165, 1.54) is 321 Å². The standard InChI is InChI=1S/C67H133NO5/c1-3-5-7-9-11-13-15-17-18-32-36-39-43-47-51-55-59-65(70)64(63-69)68-66(71)60-56-52-48-44-40-37-33-30-28-26-24-22-20-19-21-23-25-27-29-31-34-38-42-46-50-54-58-62-73-67(72)61-57-53-49-45-41-35-16-14-12-10-8-6-4-2/h64-65,69-70H,3-63H2,1-2H3,(H,68,71). The molecule has 0 heterocycles. The highest BCUT2D eigenvalue weighted by atomic mass is 16.5. The maximum absolute atomic E-state index is 12.5. The summed E-state index contributed by atoms with van der Waals surface area (Å²) in [5, 5.41) is 23.3. The Bertz CT molecular complexity index is 1050. The van der Waals surface area contributed by atoms with Crippen LogP contribution in [0.15, 0.2) is 0 Å². The predicted molar refractivity (Wildman–Crippen MR) is 320 cm³/mol. The van der Waals surface area contributed by atoms with Gasteiger partial charge in [0, 0.05) is 12.8 Å². The number of unbranched alkanes of at least 4 members (excludes halogenated alkanes) is 53. The summed E-state index contributed by atoms with van der Waals surface area (Å²) < 4.78 is 5.49. The zero-order valence-corrected chi connectivity index (χ0v) is 49.9. The number of hydrogen-bond acceptors (Lipinski definition) is 5. The second-order valence-electron chi connectivity index (χ2n) is 23.5. The molecular formula is C67H133NO5. The van der Waals surface area contributed by atoms with Crippen LogP contribution < -0.4 is 5.32 Å². The van der Waals surface area contributed by atoms with Gasteiger partial charge in [-0.3, -0.25) is 9.59 Å². The number of hydrogen-bond donors (Lipinski definition) is 3. The largest absolute Gasteiger partial charge is 0.466 e. The molecule has 6 heteroatoms. The van der Waals surface area contributed by atoms with Crippen molar-refractivity contribution >= 4 is 11.9 Å². The highest BCUT2D eigenvalue weighted by molar-refractivity contribution is 5.76. The van der Waals surface area contributed by atoms with Crippen LogP contribution in [0.3, 0.4) is 0 Å². The van der Waals surface area contributed by atoms with Crippen LogP contribution in [-0.4, -0.2) is 47.4 Å². The van der Waals surface area contributed by atoms with Crippen molar-refractivity contribution in [1.82, 2.24) is 5.32 Å². The number of ether oxygens (including phenoxy) is 1. The van der Waals surface area contributed by atoms with Crippen LogP contribution in [0, 0.1) is 0 Å². The summed E-state index contributed by atoms with van der Waals surface area (Å²) >= 11 is 0. The minimum Gasteiger partial charge on any atom is -0.466 e. The lowest BCUT2D eigenvalue weighted by atomic mass is 10.0. The molecule has 0 aromatic heterocycles. The highest BCUT2D eigenvalue weighted by Gasteiger charge is 2.20. The minimum atomic E-state index is -0.661. The molecular weight excluding hydrogens is 899 g/mol. The molecule has 0 rings (SSSR count). The van der Waals surface area contributed by atoms with Gasteiger partial charge in [0.1, 0.15) is 0 Å². The maximum Gasteiger partial charge on any atom is 0.305 e. The van der Waals surface area contributed by atoms with E-state index in [0.717, 1.165) is 38.5 Å². The molecule has 3 N–H and O–H groups in total. The predicted octanol–water partition coefficient (Wildman–Crippen LogP) is 21.4. The summed E-state index contributed by atoms with van der Waals surface area (Å²) in [5.41, 5.74) is 0. The van der Waals surface area contributed by atoms with Crippen molar-refractivity contribution in [2.45, 2.75) is 405 Å². The molecule has 436 valence electrons. The van der Waals surface area contributed by atoms with Gasteiger partial charge in [-0.1, -0.05) is 354 Å². The number of amides is 1. The fourth-order valence-electron chi connectivity index (χ4n) is 11.0. The second-order valence-corrected chi connectivity index (χ2v) is 23.5. The van der Waals surface area contributed by atoms with Gasteiger partial charge in [0.2, 0.25) is 5.91 Å². The molecule has 73 heavy (non-hydrogen) atoms. The Morgan fingerprint density at radius 2 is 0.562 bits per heavy atom. The Morgan fingerprint density at radius 3 is 0.836 bits per heavy atom. The molecule has 0 bridgehead atoms. The quantitative estimate of drug-likeness (QED) is 0.0417. The minimum absolute atomic E-state index is 0.0207. The van der Waals surface area contributed by atoms with Crippen LogP contribution in [0.2, 0.25) is 0 Å². The lowest BCUT2D eigenvalue weighted by Crippen LogP contribution is -2.45. The van der Waals surface area contributed by atoms with Crippen molar-refractivity contribution in [3.8, 4) is 0 Å². The average molecular weight is 1030 g/mol.